The van der Waals surface area contributed by atoms with Gasteiger partial charge >= 0.3 is 0 Å². The van der Waals surface area contributed by atoms with Gasteiger partial charge in [0.05, 0.1) is 12.6 Å². The molecule has 0 radical (unpaired) electrons. The highest BCUT2D eigenvalue weighted by Gasteiger charge is 2.08. The number of ether oxygens (including phenoxy) is 1. The Morgan fingerprint density at radius 3 is 2.85 bits per heavy atom. The molecule has 0 saturated heterocycles. The molecule has 13 heavy (non-hydrogen) atoms. The molecular weight excluding hydrogens is 300 g/mol. The third-order valence-electron chi connectivity index (χ3n) is 1.77. The zero-order valence-corrected chi connectivity index (χ0v) is 9.94. The number of nitrogens with one attached hydrogen (secondary N) is 1. The molecule has 0 fully saturated rings. The van der Waals surface area contributed by atoms with E-state index in [2.05, 4.69) is 42.1 Å². The van der Waals surface area contributed by atoms with Crippen LogP contribution in [-0.4, -0.2) is 17.3 Å². The molecule has 0 aliphatic carbocycles. The molecule has 2 rings (SSSR count). The smallest absolute Gasteiger partial charge is 0.122 e. The summed E-state index contributed by atoms with van der Waals surface area (Å²) in [6, 6.07) is 3.78. The molecule has 1 heterocycles. The van der Waals surface area contributed by atoms with Gasteiger partial charge in [0.25, 0.3) is 0 Å². The normalized spacial score (nSPS) is 10.7. The van der Waals surface area contributed by atoms with Gasteiger partial charge in [0, 0.05) is 15.9 Å². The quantitative estimate of drug-likeness (QED) is 0.879. The standard InChI is InChI=1S/C8H6Br2N2O/c1-13-4-2-5(9)7-6(3-4)11-12-8(7)10/h2-3H,1H3,(H,11,12). The molecule has 0 atom stereocenters. The lowest BCUT2D eigenvalue weighted by atomic mass is 10.2. The van der Waals surface area contributed by atoms with E-state index in [4.69, 9.17) is 4.74 Å². The molecule has 1 N–H and O–H groups in total. The first kappa shape index (κ1) is 9.02. The maximum absolute atomic E-state index is 5.11. The number of hydrogen-bond acceptors (Lipinski definition) is 2. The van der Waals surface area contributed by atoms with Crippen LogP contribution in [0.4, 0.5) is 0 Å². The minimum absolute atomic E-state index is 0.790. The summed E-state index contributed by atoms with van der Waals surface area (Å²) >= 11 is 6.82. The van der Waals surface area contributed by atoms with Crippen molar-refractivity contribution in [3.05, 3.63) is 21.2 Å². The zero-order chi connectivity index (χ0) is 9.42. The molecule has 0 bridgehead atoms. The summed E-state index contributed by atoms with van der Waals surface area (Å²) < 4.78 is 6.95. The molecule has 1 aromatic carbocycles. The molecule has 1 aromatic heterocycles. The number of aromatic nitrogens is 2. The van der Waals surface area contributed by atoms with Crippen LogP contribution in [0.3, 0.4) is 0 Å². The van der Waals surface area contributed by atoms with Crippen molar-refractivity contribution in [2.45, 2.75) is 0 Å². The second-order valence-corrected chi connectivity index (χ2v) is 4.19. The van der Waals surface area contributed by atoms with E-state index in [0.717, 1.165) is 25.7 Å². The van der Waals surface area contributed by atoms with E-state index in [-0.39, 0.29) is 0 Å². The average molecular weight is 306 g/mol. The summed E-state index contributed by atoms with van der Waals surface area (Å²) in [5, 5.41) is 7.98. The van der Waals surface area contributed by atoms with Crippen molar-refractivity contribution in [1.29, 1.82) is 0 Å². The van der Waals surface area contributed by atoms with Crippen molar-refractivity contribution < 1.29 is 4.74 Å². The van der Waals surface area contributed by atoms with Gasteiger partial charge in [-0.15, -0.1) is 0 Å². The van der Waals surface area contributed by atoms with Crippen molar-refractivity contribution in [3.8, 4) is 5.75 Å². The van der Waals surface area contributed by atoms with Crippen LogP contribution >= 0.6 is 31.9 Å². The second-order valence-electron chi connectivity index (χ2n) is 2.54. The Bertz CT molecular complexity index is 453. The van der Waals surface area contributed by atoms with E-state index >= 15 is 0 Å². The van der Waals surface area contributed by atoms with E-state index in [1.165, 1.54) is 0 Å². The number of aromatic amines is 1. The first-order valence-electron chi connectivity index (χ1n) is 3.59. The highest BCUT2D eigenvalue weighted by molar-refractivity contribution is 9.11. The van der Waals surface area contributed by atoms with Crippen LogP contribution in [-0.2, 0) is 0 Å². The Balaban J connectivity index is 2.79. The van der Waals surface area contributed by atoms with Gasteiger partial charge in [-0.2, -0.15) is 5.10 Å². The van der Waals surface area contributed by atoms with E-state index in [1.807, 2.05) is 12.1 Å². The van der Waals surface area contributed by atoms with Gasteiger partial charge in [0.15, 0.2) is 0 Å². The molecule has 0 unspecified atom stereocenters. The van der Waals surface area contributed by atoms with Crippen LogP contribution in [0, 0.1) is 0 Å². The maximum atomic E-state index is 5.11. The summed E-state index contributed by atoms with van der Waals surface area (Å²) in [5.41, 5.74) is 0.873. The Morgan fingerprint density at radius 2 is 2.15 bits per heavy atom. The van der Waals surface area contributed by atoms with Crippen LogP contribution < -0.4 is 4.74 Å². The van der Waals surface area contributed by atoms with Crippen molar-refractivity contribution in [1.82, 2.24) is 10.2 Å². The fourth-order valence-corrected chi connectivity index (χ4v) is 2.55. The lowest BCUT2D eigenvalue weighted by Gasteiger charge is -2.00. The molecule has 0 aliphatic heterocycles. The molecule has 2 aromatic rings. The van der Waals surface area contributed by atoms with Crippen molar-refractivity contribution in [3.63, 3.8) is 0 Å². The molecule has 0 aliphatic rings. The van der Waals surface area contributed by atoms with Gasteiger partial charge in [-0.1, -0.05) is 0 Å². The third-order valence-corrected chi connectivity index (χ3v) is 2.97. The molecule has 0 spiro atoms. The second kappa shape index (κ2) is 3.31. The highest BCUT2D eigenvalue weighted by Crippen LogP contribution is 2.32. The fraction of sp³-hybridized carbons (Fsp3) is 0.125. The number of H-pyrrole nitrogens is 1. The zero-order valence-electron chi connectivity index (χ0n) is 6.77. The first-order valence-corrected chi connectivity index (χ1v) is 5.18. The number of fused-ring (bicyclic) bond motifs is 1. The first-order chi connectivity index (χ1) is 6.22. The molecule has 3 nitrogen and oxygen atoms in total. The predicted molar refractivity (Wildman–Crippen MR) is 58.0 cm³/mol. The topological polar surface area (TPSA) is 37.9 Å². The van der Waals surface area contributed by atoms with Gasteiger partial charge in [0.2, 0.25) is 0 Å². The summed E-state index contributed by atoms with van der Waals surface area (Å²) in [5.74, 6) is 0.790. The van der Waals surface area contributed by atoms with Gasteiger partial charge < -0.3 is 4.74 Å². The van der Waals surface area contributed by atoms with Crippen LogP contribution in [0.25, 0.3) is 10.9 Å². The number of rotatable bonds is 1. The lowest BCUT2D eigenvalue weighted by Crippen LogP contribution is -1.82. The average Bonchev–Trinajstić information content (AvgIpc) is 2.48. The minimum atomic E-state index is 0.790. The number of nitrogens with zero attached hydrogens (tertiary/aromatic N) is 1. The Hall–Kier alpha value is -0.550. The number of hydrogen-bond donors (Lipinski definition) is 1. The van der Waals surface area contributed by atoms with Crippen LogP contribution in [0.1, 0.15) is 0 Å². The predicted octanol–water partition coefficient (Wildman–Crippen LogP) is 3.10. The largest absolute Gasteiger partial charge is 0.497 e. The molecular formula is C8H6Br2N2O. The van der Waals surface area contributed by atoms with Crippen LogP contribution in [0.2, 0.25) is 0 Å². The maximum Gasteiger partial charge on any atom is 0.122 e. The monoisotopic (exact) mass is 304 g/mol. The number of halogens is 2. The third kappa shape index (κ3) is 1.46. The SMILES string of the molecule is COc1cc(Br)c2c(Br)[nH]nc2c1. The Labute approximate surface area is 91.7 Å². The van der Waals surface area contributed by atoms with Gasteiger partial charge in [-0.25, -0.2) is 0 Å². The summed E-state index contributed by atoms with van der Waals surface area (Å²) in [6.45, 7) is 0. The molecule has 68 valence electrons. The van der Waals surface area contributed by atoms with Crippen molar-refractivity contribution in [2.75, 3.05) is 7.11 Å². The van der Waals surface area contributed by atoms with E-state index in [9.17, 15) is 0 Å². The van der Waals surface area contributed by atoms with E-state index in [0.29, 0.717) is 0 Å². The van der Waals surface area contributed by atoms with Crippen molar-refractivity contribution in [2.24, 2.45) is 0 Å². The molecule has 5 heteroatoms. The number of methoxy groups -OCH3 is 1. The molecule has 0 saturated carbocycles. The summed E-state index contributed by atoms with van der Waals surface area (Å²) in [6.07, 6.45) is 0. The molecule has 0 amide bonds. The van der Waals surface area contributed by atoms with E-state index < -0.39 is 0 Å². The Morgan fingerprint density at radius 1 is 1.38 bits per heavy atom. The lowest BCUT2D eigenvalue weighted by molar-refractivity contribution is 0.415. The van der Waals surface area contributed by atoms with Gasteiger partial charge in [-0.05, 0) is 37.9 Å². The minimum Gasteiger partial charge on any atom is -0.497 e. The fourth-order valence-electron chi connectivity index (χ4n) is 1.16. The highest BCUT2D eigenvalue weighted by atomic mass is 79.9. The van der Waals surface area contributed by atoms with Gasteiger partial charge in [-0.3, -0.25) is 5.10 Å². The Kier molecular flexibility index (Phi) is 2.29. The summed E-state index contributed by atoms with van der Waals surface area (Å²) in [4.78, 5) is 0. The summed E-state index contributed by atoms with van der Waals surface area (Å²) in [7, 11) is 1.63. The van der Waals surface area contributed by atoms with Crippen LogP contribution in [0.15, 0.2) is 21.2 Å². The van der Waals surface area contributed by atoms with Gasteiger partial charge in [0.1, 0.15) is 10.4 Å². The van der Waals surface area contributed by atoms with Crippen molar-refractivity contribution >= 4 is 42.8 Å². The van der Waals surface area contributed by atoms with Crippen LogP contribution in [0.5, 0.6) is 5.75 Å². The number of benzene rings is 1. The van der Waals surface area contributed by atoms with E-state index in [1.54, 1.807) is 7.11 Å².